The standard InChI is InChI=1S/C11H19NO/c1-10(2)13-9-5-7-11(3)6-4-8-12-11/h4,6,8,10H,5,7,9H2,1-3H3. The number of hydrogen-bond acceptors (Lipinski definition) is 2. The van der Waals surface area contributed by atoms with Gasteiger partial charge in [0.1, 0.15) is 0 Å². The normalized spacial score (nSPS) is 26.2. The van der Waals surface area contributed by atoms with E-state index in [1.54, 1.807) is 0 Å². The molecule has 1 rings (SSSR count). The second-order valence-corrected chi connectivity index (χ2v) is 4.02. The summed E-state index contributed by atoms with van der Waals surface area (Å²) >= 11 is 0. The van der Waals surface area contributed by atoms with Crippen molar-refractivity contribution < 1.29 is 4.74 Å². The van der Waals surface area contributed by atoms with Crippen molar-refractivity contribution in [2.75, 3.05) is 6.61 Å². The zero-order chi connectivity index (χ0) is 9.73. The van der Waals surface area contributed by atoms with Gasteiger partial charge in [-0.15, -0.1) is 0 Å². The monoisotopic (exact) mass is 181 g/mol. The summed E-state index contributed by atoms with van der Waals surface area (Å²) in [6.45, 7) is 7.13. The first-order valence-corrected chi connectivity index (χ1v) is 4.97. The molecule has 0 saturated heterocycles. The lowest BCUT2D eigenvalue weighted by Gasteiger charge is -2.18. The highest BCUT2D eigenvalue weighted by Gasteiger charge is 2.20. The molecular formula is C11H19NO. The van der Waals surface area contributed by atoms with E-state index in [1.165, 1.54) is 0 Å². The molecule has 1 atom stereocenters. The Morgan fingerprint density at radius 3 is 2.77 bits per heavy atom. The molecule has 1 aliphatic heterocycles. The van der Waals surface area contributed by atoms with Gasteiger partial charge in [0, 0.05) is 12.8 Å². The van der Waals surface area contributed by atoms with Gasteiger partial charge in [-0.1, -0.05) is 6.08 Å². The summed E-state index contributed by atoms with van der Waals surface area (Å²) in [5.41, 5.74) is 0.0420. The Morgan fingerprint density at radius 2 is 2.23 bits per heavy atom. The zero-order valence-electron chi connectivity index (χ0n) is 8.79. The van der Waals surface area contributed by atoms with Crippen LogP contribution in [-0.4, -0.2) is 24.5 Å². The van der Waals surface area contributed by atoms with Crippen molar-refractivity contribution in [2.45, 2.75) is 45.3 Å². The van der Waals surface area contributed by atoms with Gasteiger partial charge in [-0.3, -0.25) is 4.99 Å². The molecule has 0 N–H and O–H groups in total. The molecule has 0 saturated carbocycles. The third kappa shape index (κ3) is 3.73. The Bertz CT molecular complexity index is 194. The molecule has 2 nitrogen and oxygen atoms in total. The molecular weight excluding hydrogens is 162 g/mol. The van der Waals surface area contributed by atoms with Gasteiger partial charge in [0.15, 0.2) is 0 Å². The fraction of sp³-hybridized carbons (Fsp3) is 0.727. The topological polar surface area (TPSA) is 21.6 Å². The van der Waals surface area contributed by atoms with Crippen molar-refractivity contribution in [3.8, 4) is 0 Å². The van der Waals surface area contributed by atoms with Crippen LogP contribution in [0.2, 0.25) is 0 Å². The Labute approximate surface area is 80.7 Å². The van der Waals surface area contributed by atoms with E-state index in [1.807, 2.05) is 12.3 Å². The smallest absolute Gasteiger partial charge is 0.0764 e. The number of rotatable bonds is 5. The van der Waals surface area contributed by atoms with E-state index < -0.39 is 0 Å². The lowest BCUT2D eigenvalue weighted by molar-refractivity contribution is 0.0741. The first kappa shape index (κ1) is 10.5. The molecule has 74 valence electrons. The summed E-state index contributed by atoms with van der Waals surface area (Å²) in [4.78, 5) is 4.39. The molecule has 0 aromatic rings. The maximum absolute atomic E-state index is 5.47. The Kier molecular flexibility index (Phi) is 3.67. The molecule has 0 amide bonds. The molecule has 1 unspecified atom stereocenters. The second kappa shape index (κ2) is 4.56. The van der Waals surface area contributed by atoms with E-state index in [0.717, 1.165) is 19.4 Å². The predicted molar refractivity (Wildman–Crippen MR) is 56.4 cm³/mol. The number of ether oxygens (including phenoxy) is 1. The summed E-state index contributed by atoms with van der Waals surface area (Å²) in [7, 11) is 0. The maximum atomic E-state index is 5.47. The third-order valence-electron chi connectivity index (χ3n) is 2.19. The highest BCUT2D eigenvalue weighted by molar-refractivity contribution is 5.75. The number of nitrogens with zero attached hydrogens (tertiary/aromatic N) is 1. The average Bonchev–Trinajstić information content (AvgIpc) is 2.47. The van der Waals surface area contributed by atoms with Gasteiger partial charge in [-0.25, -0.2) is 0 Å². The van der Waals surface area contributed by atoms with Crippen molar-refractivity contribution >= 4 is 6.21 Å². The number of allylic oxidation sites excluding steroid dienone is 1. The summed E-state index contributed by atoms with van der Waals surface area (Å²) in [5.74, 6) is 0. The molecule has 1 heterocycles. The number of hydrogen-bond donors (Lipinski definition) is 0. The largest absolute Gasteiger partial charge is 0.379 e. The van der Waals surface area contributed by atoms with Crippen LogP contribution in [0.4, 0.5) is 0 Å². The molecule has 0 aromatic heterocycles. The highest BCUT2D eigenvalue weighted by Crippen LogP contribution is 2.22. The molecule has 1 aliphatic rings. The van der Waals surface area contributed by atoms with Gasteiger partial charge < -0.3 is 4.74 Å². The first-order chi connectivity index (χ1) is 6.12. The summed E-state index contributed by atoms with van der Waals surface area (Å²) in [5, 5.41) is 0. The van der Waals surface area contributed by atoms with Crippen LogP contribution in [0.25, 0.3) is 0 Å². The fourth-order valence-corrected chi connectivity index (χ4v) is 1.40. The van der Waals surface area contributed by atoms with Crippen LogP contribution in [0.5, 0.6) is 0 Å². The molecule has 0 bridgehead atoms. The van der Waals surface area contributed by atoms with Crippen molar-refractivity contribution in [2.24, 2.45) is 4.99 Å². The van der Waals surface area contributed by atoms with E-state index in [-0.39, 0.29) is 5.54 Å². The predicted octanol–water partition coefficient (Wildman–Crippen LogP) is 2.59. The quantitative estimate of drug-likeness (QED) is 0.597. The summed E-state index contributed by atoms with van der Waals surface area (Å²) < 4.78 is 5.47. The van der Waals surface area contributed by atoms with Gasteiger partial charge in [-0.05, 0) is 39.7 Å². The minimum atomic E-state index is 0.0420. The van der Waals surface area contributed by atoms with Gasteiger partial charge in [0.2, 0.25) is 0 Å². The molecule has 0 fully saturated rings. The lowest BCUT2D eigenvalue weighted by Crippen LogP contribution is -2.17. The first-order valence-electron chi connectivity index (χ1n) is 4.97. The Hall–Kier alpha value is -0.630. The zero-order valence-corrected chi connectivity index (χ0v) is 8.79. The lowest BCUT2D eigenvalue weighted by atomic mass is 9.98. The van der Waals surface area contributed by atoms with E-state index in [4.69, 9.17) is 4.74 Å². The number of aliphatic imine (C=N–C) groups is 1. The van der Waals surface area contributed by atoms with E-state index in [2.05, 4.69) is 31.8 Å². The minimum absolute atomic E-state index is 0.0420. The Balaban J connectivity index is 2.12. The minimum Gasteiger partial charge on any atom is -0.379 e. The molecule has 0 radical (unpaired) electrons. The van der Waals surface area contributed by atoms with E-state index in [9.17, 15) is 0 Å². The van der Waals surface area contributed by atoms with Crippen LogP contribution in [0, 0.1) is 0 Å². The van der Waals surface area contributed by atoms with Gasteiger partial charge in [0.25, 0.3) is 0 Å². The highest BCUT2D eigenvalue weighted by atomic mass is 16.5. The van der Waals surface area contributed by atoms with Crippen LogP contribution < -0.4 is 0 Å². The molecule has 2 heteroatoms. The van der Waals surface area contributed by atoms with Gasteiger partial charge in [-0.2, -0.15) is 0 Å². The van der Waals surface area contributed by atoms with Gasteiger partial charge >= 0.3 is 0 Å². The van der Waals surface area contributed by atoms with Crippen LogP contribution in [0.15, 0.2) is 17.1 Å². The second-order valence-electron chi connectivity index (χ2n) is 4.02. The van der Waals surface area contributed by atoms with Crippen molar-refractivity contribution in [1.82, 2.24) is 0 Å². The third-order valence-corrected chi connectivity index (χ3v) is 2.19. The molecule has 0 aromatic carbocycles. The SMILES string of the molecule is CC(C)OCCCC1(C)C=CC=N1. The molecule has 0 aliphatic carbocycles. The van der Waals surface area contributed by atoms with Crippen LogP contribution in [0.3, 0.4) is 0 Å². The van der Waals surface area contributed by atoms with Gasteiger partial charge in [0.05, 0.1) is 11.6 Å². The maximum Gasteiger partial charge on any atom is 0.0764 e. The fourth-order valence-electron chi connectivity index (χ4n) is 1.40. The van der Waals surface area contributed by atoms with E-state index in [0.29, 0.717) is 6.10 Å². The summed E-state index contributed by atoms with van der Waals surface area (Å²) in [6.07, 6.45) is 8.55. The molecule has 0 spiro atoms. The molecule has 13 heavy (non-hydrogen) atoms. The average molecular weight is 181 g/mol. The van der Waals surface area contributed by atoms with Crippen molar-refractivity contribution in [3.63, 3.8) is 0 Å². The summed E-state index contributed by atoms with van der Waals surface area (Å²) in [6, 6.07) is 0. The Morgan fingerprint density at radius 1 is 1.46 bits per heavy atom. The van der Waals surface area contributed by atoms with E-state index >= 15 is 0 Å². The van der Waals surface area contributed by atoms with Crippen LogP contribution in [0.1, 0.15) is 33.6 Å². The van der Waals surface area contributed by atoms with Crippen LogP contribution >= 0.6 is 0 Å². The van der Waals surface area contributed by atoms with Crippen LogP contribution in [-0.2, 0) is 4.74 Å². The van der Waals surface area contributed by atoms with Crippen molar-refractivity contribution in [3.05, 3.63) is 12.2 Å². The van der Waals surface area contributed by atoms with Crippen molar-refractivity contribution in [1.29, 1.82) is 0 Å².